The lowest BCUT2D eigenvalue weighted by atomic mass is 10.2. The Balaban J connectivity index is 2.44. The van der Waals surface area contributed by atoms with Gasteiger partial charge in [-0.2, -0.15) is 16.7 Å². The number of aliphatic imine (C=N–C) groups is 1. The molecule has 7 heteroatoms. The number of nitrogens with one attached hydrogen (secondary N) is 2. The van der Waals surface area contributed by atoms with Crippen LogP contribution in [0.1, 0.15) is 32.5 Å². The molecule has 0 saturated heterocycles. The van der Waals surface area contributed by atoms with E-state index < -0.39 is 0 Å². The highest BCUT2D eigenvalue weighted by Gasteiger charge is 2.15. The SMILES string of the molecule is CCNC(=NCC(C)(C)SC)NCCc1nc(C)no1. The van der Waals surface area contributed by atoms with Gasteiger partial charge in [-0.25, -0.2) is 0 Å². The van der Waals surface area contributed by atoms with Crippen LogP contribution in [0.5, 0.6) is 0 Å². The van der Waals surface area contributed by atoms with Crippen molar-refractivity contribution in [2.45, 2.75) is 38.9 Å². The first-order valence-corrected chi connectivity index (χ1v) is 8.06. The molecular formula is C13H25N5OS. The average molecular weight is 299 g/mol. The number of guanidine groups is 1. The Morgan fingerprint density at radius 3 is 2.70 bits per heavy atom. The Morgan fingerprint density at radius 2 is 2.15 bits per heavy atom. The molecule has 0 bridgehead atoms. The van der Waals surface area contributed by atoms with Gasteiger partial charge >= 0.3 is 0 Å². The summed E-state index contributed by atoms with van der Waals surface area (Å²) in [5, 5.41) is 10.3. The zero-order valence-electron chi connectivity index (χ0n) is 13.0. The van der Waals surface area contributed by atoms with Gasteiger partial charge in [-0.05, 0) is 34.0 Å². The molecule has 0 fully saturated rings. The number of rotatable bonds is 7. The van der Waals surface area contributed by atoms with Crippen molar-refractivity contribution in [3.63, 3.8) is 0 Å². The van der Waals surface area contributed by atoms with Crippen LogP contribution >= 0.6 is 11.8 Å². The fourth-order valence-corrected chi connectivity index (χ4v) is 1.60. The summed E-state index contributed by atoms with van der Waals surface area (Å²) in [6, 6.07) is 0. The van der Waals surface area contributed by atoms with Crippen molar-refractivity contribution in [1.82, 2.24) is 20.8 Å². The summed E-state index contributed by atoms with van der Waals surface area (Å²) in [5.41, 5.74) is 0. The van der Waals surface area contributed by atoms with Crippen LogP contribution in [0.3, 0.4) is 0 Å². The number of thioether (sulfide) groups is 1. The molecule has 0 spiro atoms. The van der Waals surface area contributed by atoms with Gasteiger partial charge in [0.25, 0.3) is 0 Å². The van der Waals surface area contributed by atoms with Gasteiger partial charge in [0.05, 0.1) is 6.54 Å². The molecule has 20 heavy (non-hydrogen) atoms. The lowest BCUT2D eigenvalue weighted by Gasteiger charge is -2.20. The highest BCUT2D eigenvalue weighted by Crippen LogP contribution is 2.20. The van der Waals surface area contributed by atoms with Crippen molar-refractivity contribution in [2.75, 3.05) is 25.9 Å². The van der Waals surface area contributed by atoms with E-state index in [4.69, 9.17) is 4.52 Å². The maximum Gasteiger partial charge on any atom is 0.228 e. The standard InChI is InChI=1S/C13H25N5OS/c1-6-14-12(16-9-13(3,4)20-5)15-8-7-11-17-10(2)18-19-11/h6-9H2,1-5H3,(H2,14,15,16). The van der Waals surface area contributed by atoms with Crippen LogP contribution in [0.25, 0.3) is 0 Å². The van der Waals surface area contributed by atoms with Crippen molar-refractivity contribution in [2.24, 2.45) is 4.99 Å². The minimum atomic E-state index is 0.145. The monoisotopic (exact) mass is 299 g/mol. The summed E-state index contributed by atoms with van der Waals surface area (Å²) in [6.07, 6.45) is 2.80. The van der Waals surface area contributed by atoms with E-state index in [1.54, 1.807) is 0 Å². The Labute approximate surface area is 125 Å². The number of hydrogen-bond donors (Lipinski definition) is 2. The van der Waals surface area contributed by atoms with E-state index in [2.05, 4.69) is 52.8 Å². The predicted octanol–water partition coefficient (Wildman–Crippen LogP) is 1.62. The number of hydrogen-bond acceptors (Lipinski definition) is 5. The van der Waals surface area contributed by atoms with Crippen molar-refractivity contribution < 1.29 is 4.52 Å². The first kappa shape index (κ1) is 16.8. The first-order chi connectivity index (χ1) is 9.46. The molecule has 6 nitrogen and oxygen atoms in total. The minimum Gasteiger partial charge on any atom is -0.357 e. The number of aromatic nitrogens is 2. The van der Waals surface area contributed by atoms with Crippen molar-refractivity contribution in [3.05, 3.63) is 11.7 Å². The van der Waals surface area contributed by atoms with Crippen LogP contribution in [-0.4, -0.2) is 46.7 Å². The second kappa shape index (κ2) is 8.14. The smallest absolute Gasteiger partial charge is 0.228 e. The summed E-state index contributed by atoms with van der Waals surface area (Å²) in [5.74, 6) is 2.14. The van der Waals surface area contributed by atoms with Gasteiger partial charge in [0.2, 0.25) is 5.89 Å². The number of aryl methyl sites for hydroxylation is 1. The molecule has 1 aromatic rings. The Kier molecular flexibility index (Phi) is 6.84. The second-order valence-corrected chi connectivity index (χ2v) is 6.58. The summed E-state index contributed by atoms with van der Waals surface area (Å²) >= 11 is 1.81. The zero-order valence-corrected chi connectivity index (χ0v) is 13.8. The van der Waals surface area contributed by atoms with Crippen LogP contribution in [-0.2, 0) is 6.42 Å². The molecule has 0 aliphatic rings. The topological polar surface area (TPSA) is 75.3 Å². The van der Waals surface area contributed by atoms with E-state index in [0.717, 1.165) is 19.0 Å². The lowest BCUT2D eigenvalue weighted by molar-refractivity contribution is 0.374. The highest BCUT2D eigenvalue weighted by molar-refractivity contribution is 7.99. The molecule has 1 aromatic heterocycles. The Bertz CT molecular complexity index is 430. The molecule has 0 atom stereocenters. The largest absolute Gasteiger partial charge is 0.357 e. The molecule has 0 unspecified atom stereocenters. The molecule has 0 amide bonds. The van der Waals surface area contributed by atoms with E-state index in [9.17, 15) is 0 Å². The Morgan fingerprint density at radius 1 is 1.40 bits per heavy atom. The molecule has 114 valence electrons. The summed E-state index contributed by atoms with van der Waals surface area (Å²) in [7, 11) is 0. The first-order valence-electron chi connectivity index (χ1n) is 6.83. The van der Waals surface area contributed by atoms with Crippen molar-refractivity contribution in [1.29, 1.82) is 0 Å². The maximum absolute atomic E-state index is 5.07. The van der Waals surface area contributed by atoms with E-state index in [-0.39, 0.29) is 4.75 Å². The van der Waals surface area contributed by atoms with E-state index in [0.29, 0.717) is 24.7 Å². The van der Waals surface area contributed by atoms with Crippen molar-refractivity contribution >= 4 is 17.7 Å². The van der Waals surface area contributed by atoms with Crippen LogP contribution in [0, 0.1) is 6.92 Å². The van der Waals surface area contributed by atoms with Crippen molar-refractivity contribution in [3.8, 4) is 0 Å². The Hall–Kier alpha value is -1.24. The summed E-state index contributed by atoms with van der Waals surface area (Å²) < 4.78 is 5.22. The molecule has 2 N–H and O–H groups in total. The predicted molar refractivity (Wildman–Crippen MR) is 84.3 cm³/mol. The molecule has 1 heterocycles. The fourth-order valence-electron chi connectivity index (χ4n) is 1.41. The molecule has 0 aromatic carbocycles. The van der Waals surface area contributed by atoms with Gasteiger partial charge in [0, 0.05) is 24.3 Å². The molecule has 0 aliphatic carbocycles. The lowest BCUT2D eigenvalue weighted by Crippen LogP contribution is -2.39. The van der Waals surface area contributed by atoms with Crippen LogP contribution in [0.2, 0.25) is 0 Å². The third-order valence-corrected chi connectivity index (χ3v) is 3.95. The van der Waals surface area contributed by atoms with Crippen LogP contribution < -0.4 is 10.6 Å². The van der Waals surface area contributed by atoms with E-state index >= 15 is 0 Å². The second-order valence-electron chi connectivity index (χ2n) is 5.07. The van der Waals surface area contributed by atoms with Gasteiger partial charge in [0.15, 0.2) is 11.8 Å². The average Bonchev–Trinajstić information content (AvgIpc) is 2.82. The minimum absolute atomic E-state index is 0.145. The third-order valence-electron chi connectivity index (χ3n) is 2.72. The van der Waals surface area contributed by atoms with Gasteiger partial charge in [-0.15, -0.1) is 0 Å². The van der Waals surface area contributed by atoms with Crippen LogP contribution in [0.15, 0.2) is 9.52 Å². The fraction of sp³-hybridized carbons (Fsp3) is 0.769. The molecule has 0 saturated carbocycles. The summed E-state index contributed by atoms with van der Waals surface area (Å²) in [6.45, 7) is 10.6. The molecule has 0 radical (unpaired) electrons. The maximum atomic E-state index is 5.07. The molecule has 1 rings (SSSR count). The zero-order chi connectivity index (χ0) is 15.0. The van der Waals surface area contributed by atoms with Crippen LogP contribution in [0.4, 0.5) is 0 Å². The van der Waals surface area contributed by atoms with Gasteiger partial charge in [-0.3, -0.25) is 4.99 Å². The molecular weight excluding hydrogens is 274 g/mol. The molecule has 0 aliphatic heterocycles. The van der Waals surface area contributed by atoms with Gasteiger partial charge < -0.3 is 15.2 Å². The normalized spacial score (nSPS) is 12.6. The van der Waals surface area contributed by atoms with Gasteiger partial charge in [0.1, 0.15) is 0 Å². The third kappa shape index (κ3) is 6.27. The quantitative estimate of drug-likeness (QED) is 0.588. The van der Waals surface area contributed by atoms with E-state index in [1.165, 1.54) is 0 Å². The number of nitrogens with zero attached hydrogens (tertiary/aromatic N) is 3. The van der Waals surface area contributed by atoms with Gasteiger partial charge in [-0.1, -0.05) is 5.16 Å². The van der Waals surface area contributed by atoms with E-state index in [1.807, 2.05) is 18.7 Å². The highest BCUT2D eigenvalue weighted by atomic mass is 32.2. The summed E-state index contributed by atoms with van der Waals surface area (Å²) in [4.78, 5) is 8.77.